The van der Waals surface area contributed by atoms with Crippen molar-refractivity contribution in [2.24, 2.45) is 17.8 Å². The summed E-state index contributed by atoms with van der Waals surface area (Å²) in [5.41, 5.74) is 0.628. The number of hydrogen-bond donors (Lipinski definition) is 1. The summed E-state index contributed by atoms with van der Waals surface area (Å²) in [6.07, 6.45) is 5.61. The number of pyridine rings is 1. The lowest BCUT2D eigenvalue weighted by atomic mass is 10.00. The van der Waals surface area contributed by atoms with Gasteiger partial charge in [0.1, 0.15) is 11.6 Å². The molecule has 1 N–H and O–H groups in total. The van der Waals surface area contributed by atoms with Gasteiger partial charge in [0, 0.05) is 22.7 Å². The van der Waals surface area contributed by atoms with Crippen LogP contribution in [-0.4, -0.2) is 23.0 Å². The molecule has 2 aliphatic carbocycles. The zero-order valence-electron chi connectivity index (χ0n) is 15.1. The van der Waals surface area contributed by atoms with Gasteiger partial charge < -0.3 is 10.1 Å². The smallest absolute Gasteiger partial charge is 0.251 e. The van der Waals surface area contributed by atoms with Crippen LogP contribution in [0, 0.1) is 23.6 Å². The summed E-state index contributed by atoms with van der Waals surface area (Å²) in [5.74, 6) is 1.67. The summed E-state index contributed by atoms with van der Waals surface area (Å²) in [4.78, 5) is 16.3. The maximum atomic E-state index is 13.2. The molecule has 1 aromatic heterocycles. The number of nitrogens with zero attached hydrogens (tertiary/aromatic N) is 1. The molecule has 1 aromatic carbocycles. The SMILES string of the molecule is CC[C@H](NC(=O)c1ccc(Cl)cc1)C1[C@H]2CC(Oc3cncc(F)c3)C[C@H]12. The summed E-state index contributed by atoms with van der Waals surface area (Å²) >= 11 is 5.89. The van der Waals surface area contributed by atoms with Gasteiger partial charge in [-0.05, 0) is 61.3 Å². The van der Waals surface area contributed by atoms with Gasteiger partial charge in [-0.15, -0.1) is 0 Å². The van der Waals surface area contributed by atoms with Crippen LogP contribution in [0.4, 0.5) is 4.39 Å². The van der Waals surface area contributed by atoms with E-state index in [4.69, 9.17) is 16.3 Å². The number of aromatic nitrogens is 1. The molecule has 2 aromatic rings. The molecular weight excluding hydrogens is 367 g/mol. The van der Waals surface area contributed by atoms with Crippen molar-refractivity contribution >= 4 is 17.5 Å². The van der Waals surface area contributed by atoms with Crippen LogP contribution >= 0.6 is 11.6 Å². The van der Waals surface area contributed by atoms with Gasteiger partial charge in [-0.1, -0.05) is 18.5 Å². The minimum absolute atomic E-state index is 0.0536. The fourth-order valence-electron chi connectivity index (χ4n) is 4.51. The maximum absolute atomic E-state index is 13.2. The topological polar surface area (TPSA) is 51.2 Å². The van der Waals surface area contributed by atoms with Crippen molar-refractivity contribution in [3.05, 3.63) is 59.1 Å². The van der Waals surface area contributed by atoms with Crippen molar-refractivity contribution in [3.8, 4) is 5.75 Å². The predicted molar refractivity (Wildman–Crippen MR) is 101 cm³/mol. The zero-order valence-corrected chi connectivity index (χ0v) is 15.8. The Morgan fingerprint density at radius 1 is 1.30 bits per heavy atom. The Bertz CT molecular complexity index is 817. The summed E-state index contributed by atoms with van der Waals surface area (Å²) in [6.45, 7) is 2.10. The first kappa shape index (κ1) is 18.2. The van der Waals surface area contributed by atoms with Crippen molar-refractivity contribution in [1.82, 2.24) is 10.3 Å². The lowest BCUT2D eigenvalue weighted by molar-refractivity contribution is 0.0924. The Hall–Kier alpha value is -2.14. The van der Waals surface area contributed by atoms with E-state index in [0.29, 0.717) is 34.1 Å². The Morgan fingerprint density at radius 3 is 2.63 bits per heavy atom. The molecule has 6 heteroatoms. The van der Waals surface area contributed by atoms with Gasteiger partial charge in [0.2, 0.25) is 0 Å². The van der Waals surface area contributed by atoms with Gasteiger partial charge >= 0.3 is 0 Å². The molecule has 142 valence electrons. The van der Waals surface area contributed by atoms with Crippen LogP contribution in [0.15, 0.2) is 42.7 Å². The highest BCUT2D eigenvalue weighted by atomic mass is 35.5. The number of halogens is 2. The lowest BCUT2D eigenvalue weighted by Crippen LogP contribution is -2.37. The van der Waals surface area contributed by atoms with E-state index in [1.54, 1.807) is 30.5 Å². The van der Waals surface area contributed by atoms with Crippen molar-refractivity contribution in [2.75, 3.05) is 0 Å². The molecule has 1 heterocycles. The third kappa shape index (κ3) is 3.93. The number of ether oxygens (including phenoxy) is 1. The monoisotopic (exact) mass is 388 g/mol. The third-order valence-electron chi connectivity index (χ3n) is 5.78. The van der Waals surface area contributed by atoms with E-state index >= 15 is 0 Å². The summed E-state index contributed by atoms with van der Waals surface area (Å²) in [5, 5.41) is 3.80. The second kappa shape index (κ2) is 7.47. The quantitative estimate of drug-likeness (QED) is 0.793. The summed E-state index contributed by atoms with van der Waals surface area (Å²) < 4.78 is 19.1. The van der Waals surface area contributed by atoms with Gasteiger partial charge in [0.15, 0.2) is 0 Å². The predicted octanol–water partition coefficient (Wildman–Crippen LogP) is 4.49. The average Bonchev–Trinajstić information content (AvgIpc) is 3.14. The van der Waals surface area contributed by atoms with Gasteiger partial charge in [0.05, 0.1) is 18.5 Å². The second-order valence-corrected chi connectivity index (χ2v) is 7.89. The molecule has 0 saturated heterocycles. The highest BCUT2D eigenvalue weighted by molar-refractivity contribution is 6.30. The summed E-state index contributed by atoms with van der Waals surface area (Å²) in [7, 11) is 0. The molecule has 0 radical (unpaired) electrons. The Balaban J connectivity index is 1.31. The van der Waals surface area contributed by atoms with E-state index in [1.165, 1.54) is 12.3 Å². The number of benzene rings is 1. The zero-order chi connectivity index (χ0) is 19.0. The van der Waals surface area contributed by atoms with Gasteiger partial charge in [-0.3, -0.25) is 9.78 Å². The fourth-order valence-corrected chi connectivity index (χ4v) is 4.63. The van der Waals surface area contributed by atoms with Crippen molar-refractivity contribution < 1.29 is 13.9 Å². The molecule has 0 bridgehead atoms. The second-order valence-electron chi connectivity index (χ2n) is 7.45. The van der Waals surface area contributed by atoms with Crippen LogP contribution in [-0.2, 0) is 0 Å². The Morgan fingerprint density at radius 2 is 2.00 bits per heavy atom. The van der Waals surface area contributed by atoms with E-state index < -0.39 is 0 Å². The molecule has 4 nitrogen and oxygen atoms in total. The number of fused-ring (bicyclic) bond motifs is 1. The fraction of sp³-hybridized carbons (Fsp3) is 0.429. The van der Waals surface area contributed by atoms with Crippen molar-refractivity contribution in [1.29, 1.82) is 0 Å². The van der Waals surface area contributed by atoms with Gasteiger partial charge in [0.25, 0.3) is 5.91 Å². The number of carbonyl (C=O) groups excluding carboxylic acids is 1. The molecule has 27 heavy (non-hydrogen) atoms. The van der Waals surface area contributed by atoms with Crippen LogP contribution in [0.25, 0.3) is 0 Å². The van der Waals surface area contributed by atoms with Crippen molar-refractivity contribution in [2.45, 2.75) is 38.3 Å². The molecule has 4 rings (SSSR count). The van der Waals surface area contributed by atoms with Crippen LogP contribution in [0.1, 0.15) is 36.5 Å². The molecule has 0 unspecified atom stereocenters. The number of hydrogen-bond acceptors (Lipinski definition) is 3. The molecule has 2 fully saturated rings. The van der Waals surface area contributed by atoms with Gasteiger partial charge in [-0.25, -0.2) is 4.39 Å². The first-order valence-corrected chi connectivity index (χ1v) is 9.76. The van der Waals surface area contributed by atoms with Gasteiger partial charge in [-0.2, -0.15) is 0 Å². The van der Waals surface area contributed by atoms with E-state index in [1.807, 2.05) is 0 Å². The third-order valence-corrected chi connectivity index (χ3v) is 6.03. The number of amides is 1. The number of nitrogens with one attached hydrogen (secondary N) is 1. The molecule has 0 spiro atoms. The molecule has 2 saturated carbocycles. The lowest BCUT2D eigenvalue weighted by Gasteiger charge is -2.22. The summed E-state index contributed by atoms with van der Waals surface area (Å²) in [6, 6.07) is 8.48. The average molecular weight is 389 g/mol. The molecule has 3 atom stereocenters. The normalized spacial score (nSPS) is 24.9. The van der Waals surface area contributed by atoms with Crippen LogP contribution < -0.4 is 10.1 Å². The molecule has 1 amide bonds. The largest absolute Gasteiger partial charge is 0.489 e. The first-order chi connectivity index (χ1) is 13.0. The first-order valence-electron chi connectivity index (χ1n) is 9.38. The van der Waals surface area contributed by atoms with Crippen LogP contribution in [0.2, 0.25) is 5.02 Å². The van der Waals surface area contributed by atoms with E-state index in [0.717, 1.165) is 19.3 Å². The Kier molecular flexibility index (Phi) is 5.04. The molecule has 2 aliphatic rings. The minimum Gasteiger partial charge on any atom is -0.489 e. The highest BCUT2D eigenvalue weighted by Gasteiger charge is 2.59. The van der Waals surface area contributed by atoms with Crippen LogP contribution in [0.3, 0.4) is 0 Å². The van der Waals surface area contributed by atoms with Crippen LogP contribution in [0.5, 0.6) is 5.75 Å². The minimum atomic E-state index is -0.385. The molecule has 0 aliphatic heterocycles. The van der Waals surface area contributed by atoms with E-state index in [9.17, 15) is 9.18 Å². The van der Waals surface area contributed by atoms with E-state index in [2.05, 4.69) is 17.2 Å². The standard InChI is InChI=1S/C21H22ClFN2O2/c1-2-19(25-21(26)12-3-5-13(22)6-4-12)20-17-8-15(9-18(17)20)27-16-7-14(23)10-24-11-16/h3-7,10-11,15,17-20H,2,8-9H2,1H3,(H,25,26)/t15?,17-,18-,19-,20?/m0/s1. The van der Waals surface area contributed by atoms with Crippen molar-refractivity contribution in [3.63, 3.8) is 0 Å². The maximum Gasteiger partial charge on any atom is 0.251 e. The number of carbonyl (C=O) groups is 1. The molecular formula is C21H22ClFN2O2. The highest BCUT2D eigenvalue weighted by Crippen LogP contribution is 2.60. The Labute approximate surface area is 163 Å². The van der Waals surface area contributed by atoms with E-state index in [-0.39, 0.29) is 23.9 Å². The number of rotatable bonds is 6.